The summed E-state index contributed by atoms with van der Waals surface area (Å²) in [6, 6.07) is 14.6. The molecule has 7 heteroatoms. The van der Waals surface area contributed by atoms with Crippen LogP contribution >= 0.6 is 11.6 Å². The van der Waals surface area contributed by atoms with Crippen LogP contribution in [0.15, 0.2) is 59.8 Å². The van der Waals surface area contributed by atoms with Gasteiger partial charge in [0, 0.05) is 36.7 Å². The number of carbonyl (C=O) groups is 2. The molecule has 0 spiro atoms. The predicted molar refractivity (Wildman–Crippen MR) is 118 cm³/mol. The van der Waals surface area contributed by atoms with Gasteiger partial charge in [0.1, 0.15) is 12.4 Å². The topological polar surface area (TPSA) is 65.1 Å². The fraction of sp³-hybridized carbons (Fsp3) is 0.333. The van der Waals surface area contributed by atoms with Gasteiger partial charge in [0.25, 0.3) is 0 Å². The average Bonchev–Trinajstić information content (AvgIpc) is 2.77. The Labute approximate surface area is 187 Å². The third-order valence-corrected chi connectivity index (χ3v) is 5.59. The molecule has 1 atom stereocenters. The van der Waals surface area contributed by atoms with Crippen LogP contribution in [0.25, 0.3) is 0 Å². The number of ether oxygens (including phenoxy) is 3. The normalized spacial score (nSPS) is 16.5. The van der Waals surface area contributed by atoms with E-state index in [0.29, 0.717) is 35.2 Å². The Kier molecular flexibility index (Phi) is 7.71. The van der Waals surface area contributed by atoms with Crippen molar-refractivity contribution in [1.29, 1.82) is 0 Å². The Morgan fingerprint density at radius 3 is 2.58 bits per heavy atom. The number of nitrogens with zero attached hydrogens (tertiary/aromatic N) is 1. The van der Waals surface area contributed by atoms with Crippen molar-refractivity contribution < 1.29 is 23.8 Å². The zero-order valence-electron chi connectivity index (χ0n) is 17.9. The summed E-state index contributed by atoms with van der Waals surface area (Å²) in [5.74, 6) is -0.215. The summed E-state index contributed by atoms with van der Waals surface area (Å²) in [7, 11) is 3.16. The Hall–Kier alpha value is -2.83. The van der Waals surface area contributed by atoms with Crippen molar-refractivity contribution in [1.82, 2.24) is 4.90 Å². The number of amides is 1. The second kappa shape index (κ2) is 10.5. The highest BCUT2D eigenvalue weighted by Gasteiger charge is 2.36. The number of esters is 1. The predicted octanol–water partition coefficient (Wildman–Crippen LogP) is 4.33. The molecule has 0 aromatic heterocycles. The van der Waals surface area contributed by atoms with Gasteiger partial charge < -0.3 is 19.1 Å². The standard InChI is InChI=1S/C24H26ClNO5/c1-16-23(24(28)31-15-17-5-4-6-20(13-17)30-3)21(18-7-9-19(25)10-8-18)14-22(27)26(16)11-12-29-2/h4-10,13,21H,11-12,14-15H2,1-3H3. The van der Waals surface area contributed by atoms with Crippen molar-refractivity contribution in [2.75, 3.05) is 27.4 Å². The molecule has 1 amide bonds. The fourth-order valence-electron chi connectivity index (χ4n) is 3.70. The molecule has 0 saturated carbocycles. The molecule has 164 valence electrons. The number of hydrogen-bond acceptors (Lipinski definition) is 5. The number of allylic oxidation sites excluding steroid dienone is 1. The minimum Gasteiger partial charge on any atom is -0.497 e. The average molecular weight is 444 g/mol. The summed E-state index contributed by atoms with van der Waals surface area (Å²) >= 11 is 6.03. The van der Waals surface area contributed by atoms with E-state index < -0.39 is 11.9 Å². The molecule has 0 bridgehead atoms. The molecule has 0 aliphatic carbocycles. The number of rotatable bonds is 8. The molecule has 31 heavy (non-hydrogen) atoms. The number of benzene rings is 2. The first kappa shape index (κ1) is 22.8. The van der Waals surface area contributed by atoms with Crippen LogP contribution in [-0.2, 0) is 25.7 Å². The van der Waals surface area contributed by atoms with E-state index in [1.54, 1.807) is 38.2 Å². The van der Waals surface area contributed by atoms with Crippen molar-refractivity contribution in [2.24, 2.45) is 0 Å². The first-order chi connectivity index (χ1) is 14.9. The molecular weight excluding hydrogens is 418 g/mol. The summed E-state index contributed by atoms with van der Waals surface area (Å²) in [6.45, 7) is 2.63. The van der Waals surface area contributed by atoms with E-state index in [2.05, 4.69) is 0 Å². The summed E-state index contributed by atoms with van der Waals surface area (Å²) in [4.78, 5) is 27.6. The second-order valence-electron chi connectivity index (χ2n) is 7.27. The molecule has 0 radical (unpaired) electrons. The number of halogens is 1. The van der Waals surface area contributed by atoms with Crippen LogP contribution in [0.3, 0.4) is 0 Å². The van der Waals surface area contributed by atoms with E-state index in [9.17, 15) is 9.59 Å². The Balaban J connectivity index is 1.90. The molecule has 1 heterocycles. The van der Waals surface area contributed by atoms with Gasteiger partial charge in [0.2, 0.25) is 5.91 Å². The lowest BCUT2D eigenvalue weighted by atomic mass is 9.83. The first-order valence-electron chi connectivity index (χ1n) is 10.00. The van der Waals surface area contributed by atoms with Gasteiger partial charge in [-0.2, -0.15) is 0 Å². The fourth-order valence-corrected chi connectivity index (χ4v) is 3.83. The minimum atomic E-state index is -0.449. The van der Waals surface area contributed by atoms with E-state index in [-0.39, 0.29) is 18.9 Å². The zero-order valence-corrected chi connectivity index (χ0v) is 18.6. The monoisotopic (exact) mass is 443 g/mol. The van der Waals surface area contributed by atoms with Crippen LogP contribution < -0.4 is 4.74 Å². The Morgan fingerprint density at radius 1 is 1.16 bits per heavy atom. The second-order valence-corrected chi connectivity index (χ2v) is 7.71. The number of carbonyl (C=O) groups excluding carboxylic acids is 2. The molecule has 0 N–H and O–H groups in total. The van der Waals surface area contributed by atoms with Crippen LogP contribution in [0.4, 0.5) is 0 Å². The Bertz CT molecular complexity index is 970. The van der Waals surface area contributed by atoms with E-state index in [4.69, 9.17) is 25.8 Å². The largest absolute Gasteiger partial charge is 0.497 e. The lowest BCUT2D eigenvalue weighted by molar-refractivity contribution is -0.141. The van der Waals surface area contributed by atoms with Crippen LogP contribution in [0, 0.1) is 0 Å². The smallest absolute Gasteiger partial charge is 0.336 e. The van der Waals surface area contributed by atoms with E-state index in [1.165, 1.54) is 0 Å². The molecule has 1 unspecified atom stereocenters. The molecule has 0 saturated heterocycles. The van der Waals surface area contributed by atoms with Gasteiger partial charge >= 0.3 is 5.97 Å². The van der Waals surface area contributed by atoms with Gasteiger partial charge in [0.15, 0.2) is 0 Å². The van der Waals surface area contributed by atoms with E-state index >= 15 is 0 Å². The SMILES string of the molecule is COCCN1C(=O)CC(c2ccc(Cl)cc2)C(C(=O)OCc2cccc(OC)c2)=C1C. The van der Waals surface area contributed by atoms with Crippen LogP contribution in [0.1, 0.15) is 30.4 Å². The molecule has 2 aromatic carbocycles. The van der Waals surface area contributed by atoms with Gasteiger partial charge in [0.05, 0.1) is 19.3 Å². The van der Waals surface area contributed by atoms with Crippen LogP contribution in [-0.4, -0.2) is 44.1 Å². The summed E-state index contributed by atoms with van der Waals surface area (Å²) in [5, 5.41) is 0.593. The molecule has 6 nitrogen and oxygen atoms in total. The van der Waals surface area contributed by atoms with E-state index in [0.717, 1.165) is 11.1 Å². The molecule has 3 rings (SSSR count). The first-order valence-corrected chi connectivity index (χ1v) is 10.4. The number of hydrogen-bond donors (Lipinski definition) is 0. The van der Waals surface area contributed by atoms with Crippen molar-refractivity contribution in [3.63, 3.8) is 0 Å². The number of methoxy groups -OCH3 is 2. The van der Waals surface area contributed by atoms with Gasteiger partial charge in [-0.3, -0.25) is 4.79 Å². The van der Waals surface area contributed by atoms with Crippen LogP contribution in [0.5, 0.6) is 5.75 Å². The maximum Gasteiger partial charge on any atom is 0.336 e. The maximum absolute atomic E-state index is 13.2. The van der Waals surface area contributed by atoms with Gasteiger partial charge in [-0.1, -0.05) is 35.9 Å². The van der Waals surface area contributed by atoms with Crippen molar-refractivity contribution in [3.8, 4) is 5.75 Å². The molecular formula is C24H26ClNO5. The minimum absolute atomic E-state index is 0.0566. The summed E-state index contributed by atoms with van der Waals surface area (Å²) in [5.41, 5.74) is 2.72. The molecule has 1 aliphatic rings. The maximum atomic E-state index is 13.2. The molecule has 1 aliphatic heterocycles. The van der Waals surface area contributed by atoms with Crippen molar-refractivity contribution in [2.45, 2.75) is 25.9 Å². The van der Waals surface area contributed by atoms with E-state index in [1.807, 2.05) is 36.4 Å². The lowest BCUT2D eigenvalue weighted by Crippen LogP contribution is -2.40. The van der Waals surface area contributed by atoms with Gasteiger partial charge in [-0.05, 0) is 42.3 Å². The highest BCUT2D eigenvalue weighted by molar-refractivity contribution is 6.30. The summed E-state index contributed by atoms with van der Waals surface area (Å²) in [6.07, 6.45) is 0.173. The van der Waals surface area contributed by atoms with Gasteiger partial charge in [-0.15, -0.1) is 0 Å². The van der Waals surface area contributed by atoms with Gasteiger partial charge in [-0.25, -0.2) is 4.79 Å². The third-order valence-electron chi connectivity index (χ3n) is 5.34. The highest BCUT2D eigenvalue weighted by atomic mass is 35.5. The highest BCUT2D eigenvalue weighted by Crippen LogP contribution is 2.37. The Morgan fingerprint density at radius 2 is 1.90 bits per heavy atom. The lowest BCUT2D eigenvalue weighted by Gasteiger charge is -2.34. The van der Waals surface area contributed by atoms with Crippen molar-refractivity contribution in [3.05, 3.63) is 76.0 Å². The van der Waals surface area contributed by atoms with Crippen molar-refractivity contribution >= 4 is 23.5 Å². The zero-order chi connectivity index (χ0) is 22.4. The molecule has 0 fully saturated rings. The summed E-state index contributed by atoms with van der Waals surface area (Å²) < 4.78 is 16.0. The molecule has 2 aromatic rings. The quantitative estimate of drug-likeness (QED) is 0.568. The third kappa shape index (κ3) is 5.46. The van der Waals surface area contributed by atoms with Crippen LogP contribution in [0.2, 0.25) is 5.02 Å².